The van der Waals surface area contributed by atoms with E-state index in [1.54, 1.807) is 12.1 Å². The average molecular weight is 335 g/mol. The highest BCUT2D eigenvalue weighted by atomic mass is 79.9. The van der Waals surface area contributed by atoms with Crippen LogP contribution in [0.4, 0.5) is 8.78 Å². The monoisotopic (exact) mass is 334 g/mol. The number of ether oxygens (including phenoxy) is 1. The Morgan fingerprint density at radius 1 is 1.47 bits per heavy atom. The van der Waals surface area contributed by atoms with Gasteiger partial charge in [0.15, 0.2) is 0 Å². The fourth-order valence-corrected chi connectivity index (χ4v) is 2.87. The van der Waals surface area contributed by atoms with Gasteiger partial charge in [-0.2, -0.15) is 8.78 Å². The predicted octanol–water partition coefficient (Wildman–Crippen LogP) is 2.83. The van der Waals surface area contributed by atoms with Crippen LogP contribution >= 0.6 is 15.9 Å². The van der Waals surface area contributed by atoms with Gasteiger partial charge in [0.1, 0.15) is 5.75 Å². The second kappa shape index (κ2) is 6.15. The maximum absolute atomic E-state index is 12.4. The van der Waals surface area contributed by atoms with E-state index in [9.17, 15) is 8.78 Å². The molecular formula is C13H17BrF2N2O. The van der Waals surface area contributed by atoms with Crippen molar-refractivity contribution in [3.63, 3.8) is 0 Å². The van der Waals surface area contributed by atoms with E-state index < -0.39 is 6.61 Å². The fraction of sp³-hybridized carbons (Fsp3) is 0.538. The molecular weight excluding hydrogens is 318 g/mol. The summed E-state index contributed by atoms with van der Waals surface area (Å²) < 4.78 is 30.0. The Balaban J connectivity index is 2.14. The maximum atomic E-state index is 12.4. The van der Waals surface area contributed by atoms with Gasteiger partial charge in [-0.1, -0.05) is 19.1 Å². The lowest BCUT2D eigenvalue weighted by Crippen LogP contribution is -2.28. The number of likely N-dealkylation sites (tertiary alicyclic amines) is 1. The second-order valence-corrected chi connectivity index (χ2v) is 5.80. The first kappa shape index (κ1) is 14.7. The summed E-state index contributed by atoms with van der Waals surface area (Å²) in [5.74, 6) is 0.636. The van der Waals surface area contributed by atoms with Crippen LogP contribution in [0.2, 0.25) is 0 Å². The van der Waals surface area contributed by atoms with Crippen LogP contribution in [0.5, 0.6) is 5.75 Å². The number of rotatable bonds is 4. The van der Waals surface area contributed by atoms with Crippen molar-refractivity contribution in [3.05, 3.63) is 28.2 Å². The number of halogens is 3. The van der Waals surface area contributed by atoms with Gasteiger partial charge in [0.05, 0.1) is 4.47 Å². The van der Waals surface area contributed by atoms with E-state index in [-0.39, 0.29) is 11.8 Å². The third kappa shape index (κ3) is 3.64. The molecule has 3 nitrogen and oxygen atoms in total. The van der Waals surface area contributed by atoms with E-state index in [4.69, 9.17) is 5.73 Å². The highest BCUT2D eigenvalue weighted by Gasteiger charge is 2.27. The summed E-state index contributed by atoms with van der Waals surface area (Å²) in [6, 6.07) is 5.46. The summed E-state index contributed by atoms with van der Waals surface area (Å²) >= 11 is 3.25. The average Bonchev–Trinajstić information content (AvgIpc) is 2.62. The molecule has 1 saturated heterocycles. The summed E-state index contributed by atoms with van der Waals surface area (Å²) in [4.78, 5) is 2.16. The van der Waals surface area contributed by atoms with Crippen LogP contribution in [-0.2, 0) is 6.54 Å². The Bertz CT molecular complexity index is 435. The van der Waals surface area contributed by atoms with Crippen LogP contribution in [-0.4, -0.2) is 30.6 Å². The zero-order valence-corrected chi connectivity index (χ0v) is 12.2. The van der Waals surface area contributed by atoms with Gasteiger partial charge in [-0.25, -0.2) is 0 Å². The molecule has 2 rings (SSSR count). The van der Waals surface area contributed by atoms with Crippen molar-refractivity contribution >= 4 is 15.9 Å². The number of benzene rings is 1. The molecule has 0 radical (unpaired) electrons. The normalized spacial score (nSPS) is 24.1. The molecule has 0 saturated carbocycles. The minimum atomic E-state index is -2.82. The largest absolute Gasteiger partial charge is 0.433 e. The summed E-state index contributed by atoms with van der Waals surface area (Å²) in [6.07, 6.45) is 0. The van der Waals surface area contributed by atoms with Crippen LogP contribution in [0.1, 0.15) is 12.5 Å². The van der Waals surface area contributed by atoms with Gasteiger partial charge in [-0.15, -0.1) is 0 Å². The first-order chi connectivity index (χ1) is 8.97. The minimum Gasteiger partial charge on any atom is -0.433 e. The summed E-state index contributed by atoms with van der Waals surface area (Å²) in [5.41, 5.74) is 6.72. The van der Waals surface area contributed by atoms with Crippen molar-refractivity contribution < 1.29 is 13.5 Å². The van der Waals surface area contributed by atoms with E-state index in [0.717, 1.165) is 18.7 Å². The lowest BCUT2D eigenvalue weighted by molar-refractivity contribution is -0.0512. The molecule has 19 heavy (non-hydrogen) atoms. The second-order valence-electron chi connectivity index (χ2n) is 4.94. The predicted molar refractivity (Wildman–Crippen MR) is 73.2 cm³/mol. The Labute approximate surface area is 119 Å². The lowest BCUT2D eigenvalue weighted by Gasteiger charge is -2.18. The molecule has 0 aromatic heterocycles. The summed E-state index contributed by atoms with van der Waals surface area (Å²) in [5, 5.41) is 0. The molecule has 1 heterocycles. The molecule has 2 atom stereocenters. The molecule has 2 unspecified atom stereocenters. The smallest absolute Gasteiger partial charge is 0.387 e. The Hall–Kier alpha value is -0.720. The maximum Gasteiger partial charge on any atom is 0.387 e. The Morgan fingerprint density at radius 2 is 2.21 bits per heavy atom. The molecule has 1 aromatic rings. The topological polar surface area (TPSA) is 38.5 Å². The van der Waals surface area contributed by atoms with Crippen molar-refractivity contribution in [2.75, 3.05) is 13.1 Å². The zero-order valence-electron chi connectivity index (χ0n) is 10.7. The van der Waals surface area contributed by atoms with Crippen LogP contribution in [0.25, 0.3) is 0 Å². The highest BCUT2D eigenvalue weighted by molar-refractivity contribution is 9.10. The van der Waals surface area contributed by atoms with Crippen molar-refractivity contribution in [2.45, 2.75) is 26.1 Å². The highest BCUT2D eigenvalue weighted by Crippen LogP contribution is 2.32. The number of hydrogen-bond donors (Lipinski definition) is 1. The van der Waals surface area contributed by atoms with E-state index in [0.29, 0.717) is 16.9 Å². The first-order valence-electron chi connectivity index (χ1n) is 6.17. The van der Waals surface area contributed by atoms with Crippen molar-refractivity contribution in [2.24, 2.45) is 11.7 Å². The molecule has 6 heteroatoms. The van der Waals surface area contributed by atoms with Crippen LogP contribution in [0.15, 0.2) is 22.7 Å². The lowest BCUT2D eigenvalue weighted by atomic mass is 10.1. The van der Waals surface area contributed by atoms with Gasteiger partial charge in [0, 0.05) is 31.2 Å². The number of nitrogens with zero attached hydrogens (tertiary/aromatic N) is 1. The van der Waals surface area contributed by atoms with Gasteiger partial charge in [-0.3, -0.25) is 4.90 Å². The first-order valence-corrected chi connectivity index (χ1v) is 6.97. The number of hydrogen-bond acceptors (Lipinski definition) is 3. The molecule has 1 aliphatic rings. The Morgan fingerprint density at radius 3 is 2.79 bits per heavy atom. The molecule has 0 aliphatic carbocycles. The minimum absolute atomic E-state index is 0.145. The number of alkyl halides is 2. The molecule has 2 N–H and O–H groups in total. The van der Waals surface area contributed by atoms with Gasteiger partial charge >= 0.3 is 6.61 Å². The van der Waals surface area contributed by atoms with Crippen molar-refractivity contribution in [1.29, 1.82) is 0 Å². The standard InChI is InChI=1S/C13H17BrF2N2O/c1-8-5-18(7-11(8)17)6-9-3-2-4-10(14)12(9)19-13(15)16/h2-4,8,11,13H,5-7,17H2,1H3. The molecule has 0 amide bonds. The quantitative estimate of drug-likeness (QED) is 0.920. The SMILES string of the molecule is CC1CN(Cc2cccc(Br)c2OC(F)F)CC1N. The van der Waals surface area contributed by atoms with E-state index >= 15 is 0 Å². The van der Waals surface area contributed by atoms with Gasteiger partial charge in [0.2, 0.25) is 0 Å². The molecule has 1 fully saturated rings. The van der Waals surface area contributed by atoms with E-state index in [1.807, 2.05) is 6.07 Å². The third-order valence-electron chi connectivity index (χ3n) is 3.40. The fourth-order valence-electron chi connectivity index (χ4n) is 2.36. The molecule has 106 valence electrons. The van der Waals surface area contributed by atoms with Gasteiger partial charge < -0.3 is 10.5 Å². The van der Waals surface area contributed by atoms with Crippen LogP contribution in [0, 0.1) is 5.92 Å². The van der Waals surface area contributed by atoms with Crippen LogP contribution in [0.3, 0.4) is 0 Å². The van der Waals surface area contributed by atoms with E-state index in [1.165, 1.54) is 0 Å². The molecule has 0 bridgehead atoms. The van der Waals surface area contributed by atoms with Crippen molar-refractivity contribution in [1.82, 2.24) is 4.90 Å². The number of para-hydroxylation sites is 1. The van der Waals surface area contributed by atoms with Gasteiger partial charge in [0.25, 0.3) is 0 Å². The third-order valence-corrected chi connectivity index (χ3v) is 4.02. The molecule has 1 aliphatic heterocycles. The zero-order chi connectivity index (χ0) is 14.0. The summed E-state index contributed by atoms with van der Waals surface area (Å²) in [6.45, 7) is 1.50. The van der Waals surface area contributed by atoms with Crippen LogP contribution < -0.4 is 10.5 Å². The molecule has 0 spiro atoms. The van der Waals surface area contributed by atoms with Crippen molar-refractivity contribution in [3.8, 4) is 5.75 Å². The number of nitrogens with two attached hydrogens (primary N) is 1. The summed E-state index contributed by atoms with van der Waals surface area (Å²) in [7, 11) is 0. The molecule has 1 aromatic carbocycles. The Kier molecular flexibility index (Phi) is 4.76. The van der Waals surface area contributed by atoms with E-state index in [2.05, 4.69) is 32.5 Å². The van der Waals surface area contributed by atoms with Gasteiger partial charge in [-0.05, 0) is 27.9 Å².